The van der Waals surface area contributed by atoms with Crippen LogP contribution >= 0.6 is 0 Å². The first-order valence-electron chi connectivity index (χ1n) is 9.05. The molecule has 0 radical (unpaired) electrons. The number of fused-ring (bicyclic) bond motifs is 1. The molecule has 2 aromatic rings. The molecule has 140 valence electrons. The smallest absolute Gasteiger partial charge is 0.410 e. The molecular formula is C19H27N5O2. The van der Waals surface area contributed by atoms with Crippen LogP contribution in [0.3, 0.4) is 0 Å². The summed E-state index contributed by atoms with van der Waals surface area (Å²) in [6.07, 6.45) is 1.45. The monoisotopic (exact) mass is 357 g/mol. The number of carbonyl (C=O) groups is 1. The van der Waals surface area contributed by atoms with E-state index in [1.54, 1.807) is 4.90 Å². The Morgan fingerprint density at radius 1 is 1.12 bits per heavy atom. The zero-order valence-corrected chi connectivity index (χ0v) is 15.9. The van der Waals surface area contributed by atoms with Crippen LogP contribution in [0.25, 0.3) is 11.0 Å². The van der Waals surface area contributed by atoms with Crippen LogP contribution in [-0.4, -0.2) is 52.7 Å². The summed E-state index contributed by atoms with van der Waals surface area (Å²) in [5, 5.41) is 6.59. The standard InChI is InChI=1S/C19H27N5O2/c1-19(2,3)26-18(25)24-11-9-13(10-12-24)21-17-16(20-4)22-14-7-5-6-8-15(14)23-17/h5-8,13H,9-12H2,1-4H3,(H,20,22)(H,21,23). The predicted octanol–water partition coefficient (Wildman–Crippen LogP) is 3.48. The summed E-state index contributed by atoms with van der Waals surface area (Å²) < 4.78 is 5.45. The van der Waals surface area contributed by atoms with Crippen molar-refractivity contribution >= 4 is 28.8 Å². The van der Waals surface area contributed by atoms with Crippen molar-refractivity contribution in [2.24, 2.45) is 0 Å². The maximum absolute atomic E-state index is 12.2. The lowest BCUT2D eigenvalue weighted by atomic mass is 10.1. The lowest BCUT2D eigenvalue weighted by Gasteiger charge is -2.34. The van der Waals surface area contributed by atoms with Gasteiger partial charge in [-0.3, -0.25) is 0 Å². The molecule has 0 saturated carbocycles. The van der Waals surface area contributed by atoms with Gasteiger partial charge in [0.05, 0.1) is 11.0 Å². The highest BCUT2D eigenvalue weighted by Crippen LogP contribution is 2.24. The number of rotatable bonds is 3. The number of amides is 1. The van der Waals surface area contributed by atoms with Crippen LogP contribution in [0.1, 0.15) is 33.6 Å². The molecule has 2 N–H and O–H groups in total. The summed E-state index contributed by atoms with van der Waals surface area (Å²) >= 11 is 0. The molecule has 0 bridgehead atoms. The second-order valence-electron chi connectivity index (χ2n) is 7.55. The summed E-state index contributed by atoms with van der Waals surface area (Å²) in [4.78, 5) is 23.3. The highest BCUT2D eigenvalue weighted by atomic mass is 16.6. The molecule has 0 atom stereocenters. The molecular weight excluding hydrogens is 330 g/mol. The average molecular weight is 357 g/mol. The molecule has 1 aliphatic heterocycles. The number of aromatic nitrogens is 2. The molecule has 7 heteroatoms. The van der Waals surface area contributed by atoms with Crippen molar-refractivity contribution in [3.63, 3.8) is 0 Å². The number of hydrogen-bond donors (Lipinski definition) is 2. The van der Waals surface area contributed by atoms with Gasteiger partial charge in [-0.1, -0.05) is 12.1 Å². The summed E-state index contributed by atoms with van der Waals surface area (Å²) in [6.45, 7) is 7.00. The minimum Gasteiger partial charge on any atom is -0.444 e. The highest BCUT2D eigenvalue weighted by Gasteiger charge is 2.27. The van der Waals surface area contributed by atoms with Gasteiger partial charge in [-0.2, -0.15) is 0 Å². The number of carbonyl (C=O) groups excluding carboxylic acids is 1. The van der Waals surface area contributed by atoms with Crippen molar-refractivity contribution in [1.29, 1.82) is 0 Å². The molecule has 26 heavy (non-hydrogen) atoms. The van der Waals surface area contributed by atoms with Gasteiger partial charge in [0.1, 0.15) is 5.60 Å². The van der Waals surface area contributed by atoms with Crippen LogP contribution in [0, 0.1) is 0 Å². The van der Waals surface area contributed by atoms with E-state index in [1.807, 2.05) is 52.1 Å². The average Bonchev–Trinajstić information content (AvgIpc) is 2.60. The van der Waals surface area contributed by atoms with E-state index in [2.05, 4.69) is 15.6 Å². The number of piperidine rings is 1. The van der Waals surface area contributed by atoms with Gasteiger partial charge in [0.15, 0.2) is 11.6 Å². The number of nitrogens with zero attached hydrogens (tertiary/aromatic N) is 3. The second-order valence-corrected chi connectivity index (χ2v) is 7.55. The number of para-hydroxylation sites is 2. The molecule has 1 fully saturated rings. The van der Waals surface area contributed by atoms with Gasteiger partial charge in [-0.05, 0) is 45.7 Å². The third kappa shape index (κ3) is 4.33. The molecule has 1 saturated heterocycles. The lowest BCUT2D eigenvalue weighted by Crippen LogP contribution is -2.44. The van der Waals surface area contributed by atoms with Gasteiger partial charge in [-0.15, -0.1) is 0 Å². The molecule has 1 aromatic carbocycles. The van der Waals surface area contributed by atoms with Gasteiger partial charge in [0.2, 0.25) is 0 Å². The molecule has 3 rings (SSSR count). The topological polar surface area (TPSA) is 79.4 Å². The Morgan fingerprint density at radius 3 is 2.23 bits per heavy atom. The van der Waals surface area contributed by atoms with Gasteiger partial charge in [-0.25, -0.2) is 14.8 Å². The van der Waals surface area contributed by atoms with Crippen molar-refractivity contribution in [1.82, 2.24) is 14.9 Å². The van der Waals surface area contributed by atoms with Crippen LogP contribution in [0.15, 0.2) is 24.3 Å². The van der Waals surface area contributed by atoms with E-state index in [4.69, 9.17) is 9.72 Å². The van der Waals surface area contributed by atoms with Crippen LogP contribution in [0.5, 0.6) is 0 Å². The number of likely N-dealkylation sites (tertiary alicyclic amines) is 1. The largest absolute Gasteiger partial charge is 0.444 e. The van der Waals surface area contributed by atoms with E-state index in [-0.39, 0.29) is 12.1 Å². The summed E-state index contributed by atoms with van der Waals surface area (Å²) in [7, 11) is 1.84. The Balaban J connectivity index is 1.64. The van der Waals surface area contributed by atoms with E-state index < -0.39 is 5.60 Å². The molecule has 0 aliphatic carbocycles. The SMILES string of the molecule is CNc1nc2ccccc2nc1NC1CCN(C(=O)OC(C)(C)C)CC1. The molecule has 1 aliphatic rings. The summed E-state index contributed by atoms with van der Waals surface area (Å²) in [6, 6.07) is 8.07. The Morgan fingerprint density at radius 2 is 1.69 bits per heavy atom. The van der Waals surface area contributed by atoms with Crippen LogP contribution in [0.4, 0.5) is 16.4 Å². The highest BCUT2D eigenvalue weighted by molar-refractivity contribution is 5.80. The van der Waals surface area contributed by atoms with Crippen molar-refractivity contribution in [3.8, 4) is 0 Å². The van der Waals surface area contributed by atoms with E-state index in [0.29, 0.717) is 13.1 Å². The van der Waals surface area contributed by atoms with Crippen molar-refractivity contribution < 1.29 is 9.53 Å². The Bertz CT molecular complexity index is 779. The molecule has 0 spiro atoms. The molecule has 1 amide bonds. The van der Waals surface area contributed by atoms with E-state index >= 15 is 0 Å². The van der Waals surface area contributed by atoms with E-state index in [1.165, 1.54) is 0 Å². The third-order valence-electron chi connectivity index (χ3n) is 4.29. The zero-order valence-electron chi connectivity index (χ0n) is 15.9. The van der Waals surface area contributed by atoms with Crippen molar-refractivity contribution in [3.05, 3.63) is 24.3 Å². The van der Waals surface area contributed by atoms with Crippen LogP contribution in [0.2, 0.25) is 0 Å². The molecule has 1 aromatic heterocycles. The number of nitrogens with one attached hydrogen (secondary N) is 2. The van der Waals surface area contributed by atoms with Gasteiger partial charge in [0, 0.05) is 26.2 Å². The fraction of sp³-hybridized carbons (Fsp3) is 0.526. The second kappa shape index (κ2) is 7.35. The van der Waals surface area contributed by atoms with Crippen molar-refractivity contribution in [2.75, 3.05) is 30.8 Å². The van der Waals surface area contributed by atoms with Gasteiger partial charge < -0.3 is 20.3 Å². The number of benzene rings is 1. The Hall–Kier alpha value is -2.57. The number of hydrogen-bond acceptors (Lipinski definition) is 6. The first-order chi connectivity index (χ1) is 12.4. The lowest BCUT2D eigenvalue weighted by molar-refractivity contribution is 0.0210. The van der Waals surface area contributed by atoms with Gasteiger partial charge >= 0.3 is 6.09 Å². The minimum absolute atomic E-state index is 0.239. The van der Waals surface area contributed by atoms with Crippen LogP contribution < -0.4 is 10.6 Å². The summed E-state index contributed by atoms with van der Waals surface area (Å²) in [5.41, 5.74) is 1.26. The predicted molar refractivity (Wildman–Crippen MR) is 104 cm³/mol. The molecule has 7 nitrogen and oxygen atoms in total. The number of ether oxygens (including phenoxy) is 1. The molecule has 2 heterocycles. The normalized spacial score (nSPS) is 15.8. The first-order valence-corrected chi connectivity index (χ1v) is 9.05. The Kier molecular flexibility index (Phi) is 5.15. The Labute approximate surface area is 154 Å². The fourth-order valence-corrected chi connectivity index (χ4v) is 3.00. The zero-order chi connectivity index (χ0) is 18.7. The van der Waals surface area contributed by atoms with Crippen LogP contribution in [-0.2, 0) is 4.74 Å². The van der Waals surface area contributed by atoms with E-state index in [0.717, 1.165) is 35.5 Å². The third-order valence-corrected chi connectivity index (χ3v) is 4.29. The first kappa shape index (κ1) is 18.2. The maximum atomic E-state index is 12.2. The minimum atomic E-state index is -0.464. The van der Waals surface area contributed by atoms with Gasteiger partial charge in [0.25, 0.3) is 0 Å². The maximum Gasteiger partial charge on any atom is 0.410 e. The fourth-order valence-electron chi connectivity index (χ4n) is 3.00. The number of anilines is 2. The van der Waals surface area contributed by atoms with E-state index in [9.17, 15) is 4.79 Å². The summed E-state index contributed by atoms with van der Waals surface area (Å²) in [5.74, 6) is 1.49. The molecule has 0 unspecified atom stereocenters. The van der Waals surface area contributed by atoms with Crippen molar-refractivity contribution in [2.45, 2.75) is 45.3 Å². The quantitative estimate of drug-likeness (QED) is 0.875.